The number of hydrogen-bond donors (Lipinski definition) is 0. The summed E-state index contributed by atoms with van der Waals surface area (Å²) in [7, 11) is 0. The van der Waals surface area contributed by atoms with Gasteiger partial charge in [0.05, 0.1) is 5.57 Å². The molecule has 1 atom stereocenters. The van der Waals surface area contributed by atoms with Crippen molar-refractivity contribution in [3.8, 4) is 0 Å². The summed E-state index contributed by atoms with van der Waals surface area (Å²) in [6, 6.07) is 28.1. The summed E-state index contributed by atoms with van der Waals surface area (Å²) in [5, 5.41) is 0. The number of ether oxygens (including phenoxy) is 1. The van der Waals surface area contributed by atoms with Crippen molar-refractivity contribution < 1.29 is 9.53 Å². The van der Waals surface area contributed by atoms with E-state index in [4.69, 9.17) is 4.74 Å². The number of cyclic esters (lactones) is 1. The van der Waals surface area contributed by atoms with E-state index < -0.39 is 5.60 Å². The molecule has 1 unspecified atom stereocenters. The van der Waals surface area contributed by atoms with E-state index >= 15 is 0 Å². The van der Waals surface area contributed by atoms with Crippen molar-refractivity contribution in [2.45, 2.75) is 18.9 Å². The molecule has 0 spiro atoms. The average molecular weight is 340 g/mol. The van der Waals surface area contributed by atoms with E-state index in [2.05, 4.69) is 12.1 Å². The van der Waals surface area contributed by atoms with Gasteiger partial charge < -0.3 is 4.74 Å². The Morgan fingerprint density at radius 2 is 1.42 bits per heavy atom. The summed E-state index contributed by atoms with van der Waals surface area (Å²) in [5.41, 5.74) is 4.03. The third-order valence-electron chi connectivity index (χ3n) is 4.81. The van der Waals surface area contributed by atoms with Crippen LogP contribution in [0.5, 0.6) is 0 Å². The molecule has 4 rings (SSSR count). The van der Waals surface area contributed by atoms with Crippen molar-refractivity contribution in [1.82, 2.24) is 0 Å². The SMILES string of the molecule is Cc1ccc(C2=CC(Cc3ccccc3)(c3ccccc3)OC2=O)cc1. The first-order valence-electron chi connectivity index (χ1n) is 8.79. The van der Waals surface area contributed by atoms with Crippen LogP contribution in [0.1, 0.15) is 22.3 Å². The zero-order valence-electron chi connectivity index (χ0n) is 14.7. The van der Waals surface area contributed by atoms with E-state index in [-0.39, 0.29) is 5.97 Å². The second kappa shape index (κ2) is 6.64. The van der Waals surface area contributed by atoms with Gasteiger partial charge in [-0.05, 0) is 29.7 Å². The summed E-state index contributed by atoms with van der Waals surface area (Å²) in [6.45, 7) is 2.04. The van der Waals surface area contributed by atoms with Gasteiger partial charge in [-0.25, -0.2) is 4.79 Å². The van der Waals surface area contributed by atoms with Gasteiger partial charge in [-0.3, -0.25) is 0 Å². The molecule has 0 amide bonds. The lowest BCUT2D eigenvalue weighted by atomic mass is 9.86. The van der Waals surface area contributed by atoms with Crippen LogP contribution in [-0.2, 0) is 21.6 Å². The highest BCUT2D eigenvalue weighted by Gasteiger charge is 2.42. The maximum atomic E-state index is 12.7. The van der Waals surface area contributed by atoms with Gasteiger partial charge in [0.15, 0.2) is 5.60 Å². The summed E-state index contributed by atoms with van der Waals surface area (Å²) >= 11 is 0. The van der Waals surface area contributed by atoms with E-state index in [1.54, 1.807) is 0 Å². The molecule has 0 bridgehead atoms. The van der Waals surface area contributed by atoms with Gasteiger partial charge in [-0.1, -0.05) is 90.5 Å². The molecule has 0 fully saturated rings. The van der Waals surface area contributed by atoms with Gasteiger partial charge in [0.25, 0.3) is 0 Å². The zero-order chi connectivity index (χ0) is 18.0. The highest BCUT2D eigenvalue weighted by molar-refractivity contribution is 6.18. The number of rotatable bonds is 4. The predicted molar refractivity (Wildman–Crippen MR) is 104 cm³/mol. The van der Waals surface area contributed by atoms with Crippen LogP contribution in [0.25, 0.3) is 5.57 Å². The smallest absolute Gasteiger partial charge is 0.339 e. The van der Waals surface area contributed by atoms with Gasteiger partial charge in [-0.15, -0.1) is 0 Å². The van der Waals surface area contributed by atoms with Crippen molar-refractivity contribution in [3.63, 3.8) is 0 Å². The molecule has 2 heteroatoms. The van der Waals surface area contributed by atoms with Gasteiger partial charge in [0.1, 0.15) is 0 Å². The molecule has 0 saturated carbocycles. The lowest BCUT2D eigenvalue weighted by Gasteiger charge is -2.27. The fourth-order valence-electron chi connectivity index (χ4n) is 3.43. The van der Waals surface area contributed by atoms with E-state index in [0.29, 0.717) is 12.0 Å². The maximum Gasteiger partial charge on any atom is 0.339 e. The van der Waals surface area contributed by atoms with Crippen LogP contribution < -0.4 is 0 Å². The molecule has 2 nitrogen and oxygen atoms in total. The Balaban J connectivity index is 1.81. The Morgan fingerprint density at radius 3 is 2.08 bits per heavy atom. The summed E-state index contributed by atoms with van der Waals surface area (Å²) in [6.07, 6.45) is 2.60. The zero-order valence-corrected chi connectivity index (χ0v) is 14.7. The molecular weight excluding hydrogens is 320 g/mol. The van der Waals surface area contributed by atoms with Crippen LogP contribution in [0.4, 0.5) is 0 Å². The summed E-state index contributed by atoms with van der Waals surface area (Å²) in [4.78, 5) is 12.7. The van der Waals surface area contributed by atoms with Crippen molar-refractivity contribution in [2.75, 3.05) is 0 Å². The standard InChI is InChI=1S/C24H20O2/c1-18-12-14-20(15-13-18)22-17-24(26-23(22)25,21-10-6-3-7-11-21)16-19-8-4-2-5-9-19/h2-15,17H,16H2,1H3. The van der Waals surface area contributed by atoms with Crippen molar-refractivity contribution in [1.29, 1.82) is 0 Å². The largest absolute Gasteiger partial charge is 0.446 e. The lowest BCUT2D eigenvalue weighted by molar-refractivity contribution is -0.145. The number of carbonyl (C=O) groups is 1. The van der Waals surface area contributed by atoms with Crippen LogP contribution in [0.2, 0.25) is 0 Å². The third kappa shape index (κ3) is 3.06. The maximum absolute atomic E-state index is 12.7. The molecule has 26 heavy (non-hydrogen) atoms. The number of aryl methyl sites for hydroxylation is 1. The van der Waals surface area contributed by atoms with Crippen LogP contribution >= 0.6 is 0 Å². The third-order valence-corrected chi connectivity index (χ3v) is 4.81. The highest BCUT2D eigenvalue weighted by Crippen LogP contribution is 2.41. The number of carbonyl (C=O) groups excluding carboxylic acids is 1. The molecule has 1 aliphatic rings. The van der Waals surface area contributed by atoms with E-state index in [0.717, 1.165) is 16.7 Å². The molecule has 0 aliphatic carbocycles. The molecule has 0 aromatic heterocycles. The molecule has 3 aromatic rings. The van der Waals surface area contributed by atoms with Crippen molar-refractivity contribution >= 4 is 11.5 Å². The summed E-state index contributed by atoms with van der Waals surface area (Å²) < 4.78 is 6.00. The minimum Gasteiger partial charge on any atom is -0.446 e. The normalized spacial score (nSPS) is 19.1. The first-order valence-corrected chi connectivity index (χ1v) is 8.79. The molecule has 0 saturated heterocycles. The van der Waals surface area contributed by atoms with Gasteiger partial charge in [0.2, 0.25) is 0 Å². The lowest BCUT2D eigenvalue weighted by Crippen LogP contribution is -2.28. The highest BCUT2D eigenvalue weighted by atomic mass is 16.6. The second-order valence-corrected chi connectivity index (χ2v) is 6.73. The Labute approximate surface area is 153 Å². The van der Waals surface area contributed by atoms with Gasteiger partial charge >= 0.3 is 5.97 Å². The summed E-state index contributed by atoms with van der Waals surface area (Å²) in [5.74, 6) is -0.270. The van der Waals surface area contributed by atoms with E-state index in [1.165, 1.54) is 5.56 Å². The van der Waals surface area contributed by atoms with Gasteiger partial charge in [0, 0.05) is 6.42 Å². The average Bonchev–Trinajstić information content (AvgIpc) is 3.01. The van der Waals surface area contributed by atoms with Crippen LogP contribution in [0, 0.1) is 6.92 Å². The van der Waals surface area contributed by atoms with E-state index in [1.807, 2.05) is 85.8 Å². The predicted octanol–water partition coefficient (Wildman–Crippen LogP) is 5.07. The van der Waals surface area contributed by atoms with Crippen LogP contribution in [0.3, 0.4) is 0 Å². The number of esters is 1. The van der Waals surface area contributed by atoms with Crippen LogP contribution in [-0.4, -0.2) is 5.97 Å². The molecule has 0 N–H and O–H groups in total. The molecular formula is C24H20O2. The first kappa shape index (κ1) is 16.3. The van der Waals surface area contributed by atoms with Crippen molar-refractivity contribution in [2.24, 2.45) is 0 Å². The molecule has 0 radical (unpaired) electrons. The minimum absolute atomic E-state index is 0.270. The fourth-order valence-corrected chi connectivity index (χ4v) is 3.43. The fraction of sp³-hybridized carbons (Fsp3) is 0.125. The quantitative estimate of drug-likeness (QED) is 0.620. The Hall–Kier alpha value is -3.13. The monoisotopic (exact) mass is 340 g/mol. The van der Waals surface area contributed by atoms with Gasteiger partial charge in [-0.2, -0.15) is 0 Å². The van der Waals surface area contributed by atoms with Crippen LogP contribution in [0.15, 0.2) is 91.0 Å². The molecule has 128 valence electrons. The molecule has 1 heterocycles. The van der Waals surface area contributed by atoms with Crippen molar-refractivity contribution in [3.05, 3.63) is 113 Å². The number of benzene rings is 3. The Kier molecular flexibility index (Phi) is 4.18. The second-order valence-electron chi connectivity index (χ2n) is 6.73. The topological polar surface area (TPSA) is 26.3 Å². The minimum atomic E-state index is -0.778. The molecule has 3 aromatic carbocycles. The number of hydrogen-bond acceptors (Lipinski definition) is 2. The Bertz CT molecular complexity index is 941. The Morgan fingerprint density at radius 1 is 0.808 bits per heavy atom. The van der Waals surface area contributed by atoms with E-state index in [9.17, 15) is 4.79 Å². The first-order chi connectivity index (χ1) is 12.7. The molecule has 1 aliphatic heterocycles.